The van der Waals surface area contributed by atoms with Crippen LogP contribution in [0.4, 0.5) is 4.39 Å². The van der Waals surface area contributed by atoms with E-state index in [0.29, 0.717) is 10.6 Å². The first-order chi connectivity index (χ1) is 7.27. The third-order valence-electron chi connectivity index (χ3n) is 1.92. The van der Waals surface area contributed by atoms with Gasteiger partial charge in [-0.3, -0.25) is 0 Å². The monoisotopic (exact) mass is 226 g/mol. The predicted molar refractivity (Wildman–Crippen MR) is 54.5 cm³/mol. The van der Waals surface area contributed by atoms with Gasteiger partial charge in [-0.05, 0) is 12.1 Å². The zero-order valence-corrected chi connectivity index (χ0v) is 8.45. The van der Waals surface area contributed by atoms with E-state index < -0.39 is 0 Å². The maximum absolute atomic E-state index is 13.3. The summed E-state index contributed by atoms with van der Waals surface area (Å²) in [6.07, 6.45) is 2.96. The van der Waals surface area contributed by atoms with Gasteiger partial charge in [0.05, 0.1) is 6.54 Å². The van der Waals surface area contributed by atoms with Crippen LogP contribution in [0.2, 0.25) is 5.02 Å². The Bertz CT molecular complexity index is 423. The van der Waals surface area contributed by atoms with Crippen molar-refractivity contribution in [1.82, 2.24) is 14.9 Å². The lowest BCUT2D eigenvalue weighted by Gasteiger charge is -2.08. The molecule has 0 aliphatic heterocycles. The molecule has 0 aliphatic rings. The molecule has 1 N–H and O–H groups in total. The zero-order valence-electron chi connectivity index (χ0n) is 7.69. The van der Waals surface area contributed by atoms with Crippen molar-refractivity contribution in [2.45, 2.75) is 6.54 Å². The number of hydrogen-bond acceptors (Lipinski definition) is 3. The van der Waals surface area contributed by atoms with E-state index in [9.17, 15) is 4.39 Å². The van der Waals surface area contributed by atoms with Crippen LogP contribution >= 0.6 is 11.6 Å². The summed E-state index contributed by atoms with van der Waals surface area (Å²) in [5.74, 6) is -0.330. The van der Waals surface area contributed by atoms with E-state index in [-0.39, 0.29) is 12.4 Å². The number of rotatable bonds is 3. The van der Waals surface area contributed by atoms with Crippen LogP contribution in [0.3, 0.4) is 0 Å². The summed E-state index contributed by atoms with van der Waals surface area (Å²) in [6, 6.07) is 4.59. The summed E-state index contributed by atoms with van der Waals surface area (Å²) in [6.45, 7) is 0.281. The number of hydrogen-bond donors (Lipinski definition) is 1. The Hall–Kier alpha value is -1.62. The van der Waals surface area contributed by atoms with Crippen molar-refractivity contribution in [2.75, 3.05) is 5.43 Å². The number of halogens is 2. The van der Waals surface area contributed by atoms with Crippen LogP contribution < -0.4 is 5.43 Å². The summed E-state index contributed by atoms with van der Waals surface area (Å²) in [5, 5.41) is 7.60. The largest absolute Gasteiger partial charge is 0.319 e. The van der Waals surface area contributed by atoms with E-state index in [1.807, 2.05) is 0 Å². The second-order valence-electron chi connectivity index (χ2n) is 2.90. The molecule has 2 aromatic rings. The van der Waals surface area contributed by atoms with Crippen LogP contribution in [0.5, 0.6) is 0 Å². The Balaban J connectivity index is 2.11. The highest BCUT2D eigenvalue weighted by atomic mass is 35.5. The summed E-state index contributed by atoms with van der Waals surface area (Å²) in [4.78, 5) is 0. The Morgan fingerprint density at radius 3 is 2.73 bits per heavy atom. The van der Waals surface area contributed by atoms with Crippen molar-refractivity contribution in [3.8, 4) is 0 Å². The highest BCUT2D eigenvalue weighted by Gasteiger charge is 2.05. The van der Waals surface area contributed by atoms with Crippen molar-refractivity contribution in [2.24, 2.45) is 0 Å². The number of benzene rings is 1. The Kier molecular flexibility index (Phi) is 2.82. The molecule has 0 unspecified atom stereocenters. The van der Waals surface area contributed by atoms with Crippen LogP contribution in [0.25, 0.3) is 0 Å². The molecule has 4 nitrogen and oxygen atoms in total. The fraction of sp³-hybridized carbons (Fsp3) is 0.111. The Morgan fingerprint density at radius 2 is 2.07 bits per heavy atom. The standard InChI is InChI=1S/C9H8ClFN4/c10-8-2-1-3-9(11)7(8)4-14-15-5-12-13-6-15/h1-3,5-6,14H,4H2. The topological polar surface area (TPSA) is 42.7 Å². The van der Waals surface area contributed by atoms with Gasteiger partial charge in [0.25, 0.3) is 0 Å². The van der Waals surface area contributed by atoms with Gasteiger partial charge >= 0.3 is 0 Å². The predicted octanol–water partition coefficient (Wildman–Crippen LogP) is 1.81. The van der Waals surface area contributed by atoms with E-state index in [4.69, 9.17) is 11.6 Å². The van der Waals surface area contributed by atoms with E-state index >= 15 is 0 Å². The summed E-state index contributed by atoms with van der Waals surface area (Å²) < 4.78 is 14.8. The van der Waals surface area contributed by atoms with Crippen LogP contribution in [-0.2, 0) is 6.54 Å². The second kappa shape index (κ2) is 4.27. The van der Waals surface area contributed by atoms with Crippen molar-refractivity contribution in [3.05, 3.63) is 47.3 Å². The summed E-state index contributed by atoms with van der Waals surface area (Å²) >= 11 is 5.85. The van der Waals surface area contributed by atoms with E-state index in [1.54, 1.807) is 12.1 Å². The number of nitrogens with one attached hydrogen (secondary N) is 1. The minimum atomic E-state index is -0.330. The van der Waals surface area contributed by atoms with Gasteiger partial charge in [0.2, 0.25) is 0 Å². The molecule has 0 bridgehead atoms. The summed E-state index contributed by atoms with van der Waals surface area (Å²) in [7, 11) is 0. The first-order valence-corrected chi connectivity index (χ1v) is 4.66. The van der Waals surface area contributed by atoms with Crippen LogP contribution in [0.15, 0.2) is 30.9 Å². The molecule has 15 heavy (non-hydrogen) atoms. The molecule has 0 amide bonds. The first kappa shape index (κ1) is 9.92. The Morgan fingerprint density at radius 1 is 1.33 bits per heavy atom. The quantitative estimate of drug-likeness (QED) is 0.868. The molecule has 0 fully saturated rings. The normalized spacial score (nSPS) is 10.3. The molecule has 6 heteroatoms. The van der Waals surface area contributed by atoms with Gasteiger partial charge in [-0.25, -0.2) is 9.07 Å². The molecular weight excluding hydrogens is 219 g/mol. The molecular formula is C9H8ClFN4. The van der Waals surface area contributed by atoms with Gasteiger partial charge in [-0.15, -0.1) is 10.2 Å². The average molecular weight is 227 g/mol. The smallest absolute Gasteiger partial charge is 0.138 e. The van der Waals surface area contributed by atoms with Gasteiger partial charge in [0, 0.05) is 10.6 Å². The molecule has 0 radical (unpaired) electrons. The first-order valence-electron chi connectivity index (χ1n) is 4.29. The highest BCUT2D eigenvalue weighted by molar-refractivity contribution is 6.31. The molecule has 2 rings (SSSR count). The molecule has 78 valence electrons. The highest BCUT2D eigenvalue weighted by Crippen LogP contribution is 2.18. The van der Waals surface area contributed by atoms with E-state index in [2.05, 4.69) is 15.6 Å². The molecule has 1 heterocycles. The second-order valence-corrected chi connectivity index (χ2v) is 3.31. The lowest BCUT2D eigenvalue weighted by Crippen LogP contribution is -2.13. The van der Waals surface area contributed by atoms with Gasteiger partial charge in [0.15, 0.2) is 0 Å². The summed E-state index contributed by atoms with van der Waals surface area (Å²) in [5.41, 5.74) is 3.31. The molecule has 0 atom stereocenters. The van der Waals surface area contributed by atoms with Gasteiger partial charge in [0.1, 0.15) is 18.5 Å². The lowest BCUT2D eigenvalue weighted by molar-refractivity contribution is 0.608. The lowest BCUT2D eigenvalue weighted by atomic mass is 10.2. The van der Waals surface area contributed by atoms with Crippen LogP contribution in [0, 0.1) is 5.82 Å². The zero-order chi connectivity index (χ0) is 10.7. The molecule has 1 aromatic carbocycles. The van der Waals surface area contributed by atoms with Gasteiger partial charge < -0.3 is 5.43 Å². The van der Waals surface area contributed by atoms with Crippen molar-refractivity contribution in [1.29, 1.82) is 0 Å². The maximum atomic E-state index is 13.3. The molecule has 0 saturated carbocycles. The fourth-order valence-electron chi connectivity index (χ4n) is 1.15. The van der Waals surface area contributed by atoms with Crippen molar-refractivity contribution < 1.29 is 4.39 Å². The SMILES string of the molecule is Fc1cccc(Cl)c1CNn1cnnc1. The fourth-order valence-corrected chi connectivity index (χ4v) is 1.38. The third kappa shape index (κ3) is 2.24. The average Bonchev–Trinajstić information content (AvgIpc) is 2.70. The maximum Gasteiger partial charge on any atom is 0.138 e. The molecule has 0 saturated heterocycles. The molecule has 1 aromatic heterocycles. The van der Waals surface area contributed by atoms with Crippen LogP contribution in [0.1, 0.15) is 5.56 Å². The molecule has 0 spiro atoms. The van der Waals surface area contributed by atoms with E-state index in [1.165, 1.54) is 23.4 Å². The van der Waals surface area contributed by atoms with Gasteiger partial charge in [-0.2, -0.15) is 0 Å². The Labute approximate surface area is 90.7 Å². The number of aromatic nitrogens is 3. The van der Waals surface area contributed by atoms with Crippen molar-refractivity contribution in [3.63, 3.8) is 0 Å². The van der Waals surface area contributed by atoms with Crippen molar-refractivity contribution >= 4 is 11.6 Å². The number of nitrogens with zero attached hydrogens (tertiary/aromatic N) is 3. The molecule has 0 aliphatic carbocycles. The van der Waals surface area contributed by atoms with Gasteiger partial charge in [-0.1, -0.05) is 17.7 Å². The minimum absolute atomic E-state index is 0.281. The third-order valence-corrected chi connectivity index (χ3v) is 2.27. The minimum Gasteiger partial charge on any atom is -0.319 e. The van der Waals surface area contributed by atoms with E-state index in [0.717, 1.165) is 0 Å². The van der Waals surface area contributed by atoms with Crippen LogP contribution in [-0.4, -0.2) is 14.9 Å².